The van der Waals surface area contributed by atoms with Crippen LogP contribution in [0, 0.1) is 0 Å². The SMILES string of the molecule is CCCCCCCCCCCCOCCOCCOCCOCCO.O=S(=O)([O-])[O-].[Na+].[Na+]. The van der Waals surface area contributed by atoms with Gasteiger partial charge in [-0.1, -0.05) is 64.7 Å². The average molecular weight is 505 g/mol. The molecule has 1 N–H and O–H groups in total. The summed E-state index contributed by atoms with van der Waals surface area (Å²) >= 11 is 0. The molecule has 0 aromatic heterocycles. The van der Waals surface area contributed by atoms with Gasteiger partial charge in [-0.25, -0.2) is 0 Å². The van der Waals surface area contributed by atoms with E-state index in [2.05, 4.69) is 6.92 Å². The molecule has 0 rings (SSSR count). The van der Waals surface area contributed by atoms with E-state index in [0.29, 0.717) is 46.2 Å². The summed E-state index contributed by atoms with van der Waals surface area (Å²) in [6, 6.07) is 0. The Balaban J connectivity index is -0.000000501. The van der Waals surface area contributed by atoms with Gasteiger partial charge in [-0.05, 0) is 6.42 Å². The molecular weight excluding hydrogens is 462 g/mol. The maximum absolute atomic E-state index is 8.53. The molecule has 0 fully saturated rings. The Labute approximate surface area is 239 Å². The van der Waals surface area contributed by atoms with E-state index < -0.39 is 10.4 Å². The Morgan fingerprint density at radius 1 is 0.562 bits per heavy atom. The van der Waals surface area contributed by atoms with Crippen molar-refractivity contribution in [1.29, 1.82) is 0 Å². The number of hydrogen-bond acceptors (Lipinski definition) is 9. The second kappa shape index (κ2) is 34.8. The zero-order valence-corrected chi connectivity index (χ0v) is 25.4. The predicted molar refractivity (Wildman–Crippen MR) is 113 cm³/mol. The van der Waals surface area contributed by atoms with E-state index in [9.17, 15) is 0 Å². The molecule has 0 aromatic carbocycles. The summed E-state index contributed by atoms with van der Waals surface area (Å²) in [5.41, 5.74) is 0. The normalized spacial score (nSPS) is 10.6. The molecule has 184 valence electrons. The Morgan fingerprint density at radius 3 is 1.19 bits per heavy atom. The molecule has 0 aliphatic heterocycles. The summed E-state index contributed by atoms with van der Waals surface area (Å²) in [5, 5.41) is 8.53. The van der Waals surface area contributed by atoms with Crippen LogP contribution < -0.4 is 59.1 Å². The fourth-order valence-electron chi connectivity index (χ4n) is 2.52. The van der Waals surface area contributed by atoms with Crippen LogP contribution >= 0.6 is 0 Å². The molecule has 0 saturated heterocycles. The number of aliphatic hydroxyl groups excluding tert-OH is 1. The largest absolute Gasteiger partial charge is 1.00 e. The van der Waals surface area contributed by atoms with E-state index in [0.717, 1.165) is 13.0 Å². The zero-order valence-electron chi connectivity index (χ0n) is 20.6. The maximum Gasteiger partial charge on any atom is 1.00 e. The van der Waals surface area contributed by atoms with Gasteiger partial charge in [0.15, 0.2) is 0 Å². The van der Waals surface area contributed by atoms with Crippen LogP contribution in [0.5, 0.6) is 0 Å². The first-order valence-corrected chi connectivity index (χ1v) is 12.3. The van der Waals surface area contributed by atoms with Crippen molar-refractivity contribution in [1.82, 2.24) is 0 Å². The quantitative estimate of drug-likeness (QED) is 0.0693. The summed E-state index contributed by atoms with van der Waals surface area (Å²) in [6.45, 7) is 7.04. The minimum atomic E-state index is -5.17. The Bertz CT molecular complexity index is 386. The first-order chi connectivity index (χ1) is 14.4. The van der Waals surface area contributed by atoms with Crippen LogP contribution in [0.4, 0.5) is 0 Å². The molecule has 0 unspecified atom stereocenters. The minimum absolute atomic E-state index is 0. The van der Waals surface area contributed by atoms with Crippen LogP contribution in [-0.4, -0.2) is 82.1 Å². The van der Waals surface area contributed by atoms with Gasteiger partial charge in [0.1, 0.15) is 0 Å². The number of unbranched alkanes of at least 4 members (excludes halogenated alkanes) is 9. The van der Waals surface area contributed by atoms with Gasteiger partial charge in [0.05, 0.1) is 52.9 Å². The van der Waals surface area contributed by atoms with Crippen LogP contribution in [0.1, 0.15) is 71.1 Å². The van der Waals surface area contributed by atoms with E-state index in [1.54, 1.807) is 0 Å². The summed E-state index contributed by atoms with van der Waals surface area (Å²) < 4.78 is 55.5. The number of rotatable bonds is 22. The molecule has 32 heavy (non-hydrogen) atoms. The molecule has 0 spiro atoms. The number of ether oxygens (including phenoxy) is 4. The molecule has 0 atom stereocenters. The standard InChI is InChI=1S/C20H42O5.2Na.H2O4S/c1-2-3-4-5-6-7-8-9-10-11-13-22-15-17-24-19-20-25-18-16-23-14-12-21;;;1-5(2,3)4/h21H,2-20H2,1H3;;;(H2,1,2,3,4)/q;2*+1;/p-2. The van der Waals surface area contributed by atoms with Crippen LogP contribution in [0.15, 0.2) is 0 Å². The number of hydrogen-bond donors (Lipinski definition) is 1. The van der Waals surface area contributed by atoms with Crippen molar-refractivity contribution in [3.05, 3.63) is 0 Å². The minimum Gasteiger partial charge on any atom is -0.759 e. The third-order valence-electron chi connectivity index (χ3n) is 3.99. The maximum atomic E-state index is 8.53. The summed E-state index contributed by atoms with van der Waals surface area (Å²) in [4.78, 5) is 0. The Kier molecular flexibility index (Phi) is 44.4. The summed E-state index contributed by atoms with van der Waals surface area (Å²) in [6.07, 6.45) is 13.5. The van der Waals surface area contributed by atoms with E-state index in [1.165, 1.54) is 57.8 Å². The van der Waals surface area contributed by atoms with Gasteiger partial charge in [-0.3, -0.25) is 8.42 Å². The zero-order chi connectivity index (χ0) is 22.8. The first kappa shape index (κ1) is 40.8. The van der Waals surface area contributed by atoms with Gasteiger partial charge in [0.25, 0.3) is 0 Å². The molecule has 0 bridgehead atoms. The molecular formula is C20H42Na2O9S. The van der Waals surface area contributed by atoms with Gasteiger partial charge in [-0.15, -0.1) is 0 Å². The van der Waals surface area contributed by atoms with Crippen molar-refractivity contribution in [2.75, 3.05) is 59.5 Å². The average Bonchev–Trinajstić information content (AvgIpc) is 2.68. The van der Waals surface area contributed by atoms with Gasteiger partial charge < -0.3 is 33.2 Å². The van der Waals surface area contributed by atoms with Gasteiger partial charge in [-0.2, -0.15) is 0 Å². The Morgan fingerprint density at radius 2 is 0.844 bits per heavy atom. The van der Waals surface area contributed by atoms with E-state index >= 15 is 0 Å². The fraction of sp³-hybridized carbons (Fsp3) is 1.00. The van der Waals surface area contributed by atoms with Crippen molar-refractivity contribution in [3.63, 3.8) is 0 Å². The van der Waals surface area contributed by atoms with Gasteiger partial charge in [0, 0.05) is 17.0 Å². The van der Waals surface area contributed by atoms with Crippen LogP contribution in [-0.2, 0) is 29.3 Å². The smallest absolute Gasteiger partial charge is 0.759 e. The van der Waals surface area contributed by atoms with Crippen molar-refractivity contribution < 1.29 is 101 Å². The topological polar surface area (TPSA) is 137 Å². The van der Waals surface area contributed by atoms with Crippen LogP contribution in [0.25, 0.3) is 0 Å². The van der Waals surface area contributed by atoms with Crippen LogP contribution in [0.2, 0.25) is 0 Å². The third-order valence-corrected chi connectivity index (χ3v) is 3.99. The van der Waals surface area contributed by atoms with Crippen molar-refractivity contribution in [2.45, 2.75) is 71.1 Å². The molecule has 0 aliphatic carbocycles. The molecule has 0 aromatic rings. The summed E-state index contributed by atoms with van der Waals surface area (Å²) in [5.74, 6) is 0. The molecule has 0 saturated carbocycles. The fourth-order valence-corrected chi connectivity index (χ4v) is 2.52. The predicted octanol–water partition coefficient (Wildman–Crippen LogP) is -3.36. The van der Waals surface area contributed by atoms with Crippen molar-refractivity contribution >= 4 is 10.4 Å². The molecule has 0 aliphatic rings. The molecule has 0 radical (unpaired) electrons. The van der Waals surface area contributed by atoms with E-state index in [-0.39, 0.29) is 65.7 Å². The number of aliphatic hydroxyl groups is 1. The Hall–Kier alpha value is 1.67. The summed E-state index contributed by atoms with van der Waals surface area (Å²) in [7, 11) is -5.17. The third kappa shape index (κ3) is 53.2. The molecule has 0 heterocycles. The molecule has 12 heteroatoms. The van der Waals surface area contributed by atoms with Crippen molar-refractivity contribution in [3.8, 4) is 0 Å². The first-order valence-electron chi connectivity index (χ1n) is 11.0. The molecule has 9 nitrogen and oxygen atoms in total. The second-order valence-electron chi connectivity index (χ2n) is 6.76. The van der Waals surface area contributed by atoms with Crippen LogP contribution in [0.3, 0.4) is 0 Å². The van der Waals surface area contributed by atoms with Gasteiger partial charge >= 0.3 is 59.1 Å². The van der Waals surface area contributed by atoms with E-state index in [4.69, 9.17) is 41.6 Å². The van der Waals surface area contributed by atoms with E-state index in [1.807, 2.05) is 0 Å². The monoisotopic (exact) mass is 504 g/mol. The van der Waals surface area contributed by atoms with Crippen molar-refractivity contribution in [2.24, 2.45) is 0 Å². The second-order valence-corrected chi connectivity index (χ2v) is 7.58. The van der Waals surface area contributed by atoms with Gasteiger partial charge in [0.2, 0.25) is 0 Å². The molecule has 0 amide bonds.